The van der Waals surface area contributed by atoms with Gasteiger partial charge in [0.1, 0.15) is 5.82 Å². The molecule has 3 heterocycles. The molecule has 4 heteroatoms. The van der Waals surface area contributed by atoms with E-state index in [0.717, 1.165) is 31.5 Å². The van der Waals surface area contributed by atoms with E-state index in [2.05, 4.69) is 41.1 Å². The van der Waals surface area contributed by atoms with Gasteiger partial charge >= 0.3 is 0 Å². The number of rotatable bonds is 4. The lowest BCUT2D eigenvalue weighted by Crippen LogP contribution is -2.36. The Bertz CT molecular complexity index is 443. The summed E-state index contributed by atoms with van der Waals surface area (Å²) in [6.45, 7) is 10.1. The molecule has 2 aliphatic rings. The molecule has 2 aliphatic heterocycles. The minimum absolute atomic E-state index is 0.517. The highest BCUT2D eigenvalue weighted by Gasteiger charge is 2.28. The second-order valence-electron chi connectivity index (χ2n) is 6.69. The fourth-order valence-corrected chi connectivity index (χ4v) is 3.44. The Balaban J connectivity index is 1.63. The number of hydrogen-bond acceptors (Lipinski definition) is 4. The van der Waals surface area contributed by atoms with Crippen LogP contribution in [0.4, 0.5) is 5.82 Å². The van der Waals surface area contributed by atoms with Crippen LogP contribution < -0.4 is 10.2 Å². The summed E-state index contributed by atoms with van der Waals surface area (Å²) < 4.78 is 0. The van der Waals surface area contributed by atoms with Crippen molar-refractivity contribution < 1.29 is 0 Å². The quantitative estimate of drug-likeness (QED) is 0.921. The highest BCUT2D eigenvalue weighted by atomic mass is 15.3. The van der Waals surface area contributed by atoms with Gasteiger partial charge in [0.25, 0.3) is 0 Å². The summed E-state index contributed by atoms with van der Waals surface area (Å²) in [6, 6.07) is 5.68. The van der Waals surface area contributed by atoms with E-state index in [4.69, 9.17) is 4.98 Å². The Morgan fingerprint density at radius 2 is 2.10 bits per heavy atom. The van der Waals surface area contributed by atoms with Crippen molar-refractivity contribution in [3.05, 3.63) is 23.9 Å². The van der Waals surface area contributed by atoms with Crippen LogP contribution in [0.3, 0.4) is 0 Å². The Labute approximate surface area is 128 Å². The number of aromatic nitrogens is 1. The van der Waals surface area contributed by atoms with Gasteiger partial charge in [0, 0.05) is 44.5 Å². The second kappa shape index (κ2) is 6.75. The molecule has 1 atom stereocenters. The van der Waals surface area contributed by atoms with Crippen LogP contribution in [0.15, 0.2) is 18.3 Å². The zero-order valence-electron chi connectivity index (χ0n) is 13.4. The van der Waals surface area contributed by atoms with Gasteiger partial charge in [0.2, 0.25) is 0 Å². The third kappa shape index (κ3) is 3.74. The van der Waals surface area contributed by atoms with Crippen molar-refractivity contribution in [2.75, 3.05) is 31.1 Å². The molecule has 1 unspecified atom stereocenters. The Kier molecular flexibility index (Phi) is 4.76. The zero-order chi connectivity index (χ0) is 14.7. The average Bonchev–Trinajstić information content (AvgIpc) is 2.83. The van der Waals surface area contributed by atoms with Crippen molar-refractivity contribution in [3.8, 4) is 0 Å². The maximum atomic E-state index is 4.70. The molecule has 0 saturated carbocycles. The first-order chi connectivity index (χ1) is 10.2. The van der Waals surface area contributed by atoms with Gasteiger partial charge in [-0.1, -0.05) is 19.9 Å². The van der Waals surface area contributed by atoms with Crippen LogP contribution in [0.1, 0.15) is 38.7 Å². The minimum Gasteiger partial charge on any atom is -0.355 e. The molecular formula is C17H28N4. The van der Waals surface area contributed by atoms with Crippen molar-refractivity contribution in [1.29, 1.82) is 0 Å². The van der Waals surface area contributed by atoms with Crippen molar-refractivity contribution in [3.63, 3.8) is 0 Å². The summed E-state index contributed by atoms with van der Waals surface area (Å²) in [5, 5.41) is 3.44. The normalized spacial score (nSPS) is 23.4. The summed E-state index contributed by atoms with van der Waals surface area (Å²) in [5.41, 5.74) is 1.27. The number of nitrogens with one attached hydrogen (secondary N) is 1. The molecular weight excluding hydrogens is 260 g/mol. The van der Waals surface area contributed by atoms with Crippen molar-refractivity contribution in [2.45, 2.75) is 51.7 Å². The highest BCUT2D eigenvalue weighted by molar-refractivity contribution is 5.40. The van der Waals surface area contributed by atoms with Crippen LogP contribution in [0, 0.1) is 0 Å². The van der Waals surface area contributed by atoms with E-state index in [-0.39, 0.29) is 0 Å². The maximum absolute atomic E-state index is 4.70. The SMILES string of the molecule is CC(C)NCc1ccc(N2CCCN3CCCC3C2)nc1. The van der Waals surface area contributed by atoms with E-state index in [0.29, 0.717) is 6.04 Å². The van der Waals surface area contributed by atoms with E-state index in [1.165, 1.54) is 37.9 Å². The molecule has 116 valence electrons. The van der Waals surface area contributed by atoms with Crippen LogP contribution >= 0.6 is 0 Å². The predicted octanol–water partition coefficient (Wildman–Crippen LogP) is 2.25. The molecule has 1 N–H and O–H groups in total. The van der Waals surface area contributed by atoms with Gasteiger partial charge in [-0.3, -0.25) is 4.90 Å². The third-order valence-electron chi connectivity index (χ3n) is 4.65. The molecule has 4 nitrogen and oxygen atoms in total. The second-order valence-corrected chi connectivity index (χ2v) is 6.69. The third-order valence-corrected chi connectivity index (χ3v) is 4.65. The lowest BCUT2D eigenvalue weighted by Gasteiger charge is -2.26. The first-order valence-electron chi connectivity index (χ1n) is 8.39. The largest absolute Gasteiger partial charge is 0.355 e. The fraction of sp³-hybridized carbons (Fsp3) is 0.706. The van der Waals surface area contributed by atoms with Gasteiger partial charge in [0.05, 0.1) is 0 Å². The molecule has 1 aromatic rings. The standard InChI is InChI=1S/C17H28N4/c1-14(2)18-11-15-6-7-17(19-12-15)21-10-4-9-20-8-3-5-16(20)13-21/h6-7,12,14,16,18H,3-5,8-11,13H2,1-2H3. The topological polar surface area (TPSA) is 31.4 Å². The van der Waals surface area contributed by atoms with Crippen LogP contribution in [-0.4, -0.2) is 48.1 Å². The van der Waals surface area contributed by atoms with Crippen LogP contribution in [0.2, 0.25) is 0 Å². The summed E-state index contributed by atoms with van der Waals surface area (Å²) in [4.78, 5) is 9.85. The van der Waals surface area contributed by atoms with Crippen molar-refractivity contribution in [1.82, 2.24) is 15.2 Å². The Morgan fingerprint density at radius 1 is 1.24 bits per heavy atom. The lowest BCUT2D eigenvalue weighted by atomic mass is 10.2. The monoisotopic (exact) mass is 288 g/mol. The van der Waals surface area contributed by atoms with E-state index < -0.39 is 0 Å². The molecule has 3 rings (SSSR count). The number of nitrogens with zero attached hydrogens (tertiary/aromatic N) is 3. The average molecular weight is 288 g/mol. The summed E-state index contributed by atoms with van der Waals surface area (Å²) in [6.07, 6.45) is 6.01. The Morgan fingerprint density at radius 3 is 2.86 bits per heavy atom. The molecule has 2 saturated heterocycles. The van der Waals surface area contributed by atoms with E-state index in [1.807, 2.05) is 6.20 Å². The van der Waals surface area contributed by atoms with Gasteiger partial charge in [0.15, 0.2) is 0 Å². The maximum Gasteiger partial charge on any atom is 0.128 e. The predicted molar refractivity (Wildman–Crippen MR) is 87.6 cm³/mol. The highest BCUT2D eigenvalue weighted by Crippen LogP contribution is 2.24. The molecule has 0 bridgehead atoms. The van der Waals surface area contributed by atoms with E-state index >= 15 is 0 Å². The number of anilines is 1. The lowest BCUT2D eigenvalue weighted by molar-refractivity contribution is 0.273. The minimum atomic E-state index is 0.517. The van der Waals surface area contributed by atoms with Crippen LogP contribution in [0.25, 0.3) is 0 Å². The molecule has 21 heavy (non-hydrogen) atoms. The molecule has 0 spiro atoms. The summed E-state index contributed by atoms with van der Waals surface area (Å²) in [7, 11) is 0. The van der Waals surface area contributed by atoms with Gasteiger partial charge in [-0.25, -0.2) is 4.98 Å². The molecule has 0 radical (unpaired) electrons. The molecule has 1 aromatic heterocycles. The van der Waals surface area contributed by atoms with Crippen LogP contribution in [-0.2, 0) is 6.54 Å². The summed E-state index contributed by atoms with van der Waals surface area (Å²) >= 11 is 0. The Hall–Kier alpha value is -1.13. The van der Waals surface area contributed by atoms with Gasteiger partial charge < -0.3 is 10.2 Å². The number of fused-ring (bicyclic) bond motifs is 1. The number of hydrogen-bond donors (Lipinski definition) is 1. The van der Waals surface area contributed by atoms with Gasteiger partial charge in [-0.15, -0.1) is 0 Å². The summed E-state index contributed by atoms with van der Waals surface area (Å²) in [5.74, 6) is 1.15. The first-order valence-corrected chi connectivity index (χ1v) is 8.39. The fourth-order valence-electron chi connectivity index (χ4n) is 3.44. The van der Waals surface area contributed by atoms with Crippen LogP contribution in [0.5, 0.6) is 0 Å². The van der Waals surface area contributed by atoms with Gasteiger partial charge in [-0.2, -0.15) is 0 Å². The zero-order valence-corrected chi connectivity index (χ0v) is 13.4. The molecule has 0 aliphatic carbocycles. The molecule has 0 amide bonds. The van der Waals surface area contributed by atoms with Crippen molar-refractivity contribution in [2.24, 2.45) is 0 Å². The smallest absolute Gasteiger partial charge is 0.128 e. The van der Waals surface area contributed by atoms with Gasteiger partial charge in [-0.05, 0) is 37.4 Å². The molecule has 2 fully saturated rings. The first kappa shape index (κ1) is 14.8. The number of pyridine rings is 1. The van der Waals surface area contributed by atoms with Crippen molar-refractivity contribution >= 4 is 5.82 Å². The van der Waals surface area contributed by atoms with E-state index in [9.17, 15) is 0 Å². The molecule has 0 aromatic carbocycles. The van der Waals surface area contributed by atoms with E-state index in [1.54, 1.807) is 0 Å².